The molecule has 2 N–H and O–H groups in total. The lowest BCUT2D eigenvalue weighted by Gasteiger charge is -2.33. The first-order chi connectivity index (χ1) is 10.6. The highest BCUT2D eigenvalue weighted by Gasteiger charge is 2.41. The van der Waals surface area contributed by atoms with Crippen molar-refractivity contribution < 1.29 is 19.4 Å². The lowest BCUT2D eigenvalue weighted by atomic mass is 9.83. The van der Waals surface area contributed by atoms with Gasteiger partial charge in [-0.05, 0) is 32.1 Å². The fraction of sp³-hybridized carbons (Fsp3) is 0.875. The molecule has 1 saturated carbocycles. The molecule has 124 valence electrons. The normalized spacial score (nSPS) is 30.6. The SMILES string of the molecule is O=C(O)C1CCN(C(=O)NCC2CCC3(CCCCC3)O2)C1. The molecule has 1 spiro atoms. The molecule has 1 aliphatic carbocycles. The molecule has 3 rings (SSSR count). The number of nitrogens with one attached hydrogen (secondary N) is 1. The van der Waals surface area contributed by atoms with Gasteiger partial charge in [-0.3, -0.25) is 4.79 Å². The van der Waals surface area contributed by atoms with E-state index in [1.807, 2.05) is 0 Å². The summed E-state index contributed by atoms with van der Waals surface area (Å²) in [7, 11) is 0. The molecular formula is C16H26N2O4. The Labute approximate surface area is 131 Å². The van der Waals surface area contributed by atoms with Crippen molar-refractivity contribution in [3.63, 3.8) is 0 Å². The zero-order valence-corrected chi connectivity index (χ0v) is 13.1. The number of carbonyl (C=O) groups is 2. The van der Waals surface area contributed by atoms with Gasteiger partial charge in [-0.1, -0.05) is 19.3 Å². The largest absolute Gasteiger partial charge is 0.481 e. The molecule has 0 aromatic carbocycles. The predicted octanol–water partition coefficient (Wildman–Crippen LogP) is 1.98. The number of hydrogen-bond donors (Lipinski definition) is 2. The molecule has 0 bridgehead atoms. The fourth-order valence-corrected chi connectivity index (χ4v) is 4.06. The van der Waals surface area contributed by atoms with E-state index in [0.29, 0.717) is 26.1 Å². The van der Waals surface area contributed by atoms with Crippen LogP contribution in [-0.4, -0.2) is 53.3 Å². The van der Waals surface area contributed by atoms with Gasteiger partial charge in [0.2, 0.25) is 0 Å². The van der Waals surface area contributed by atoms with Gasteiger partial charge in [0.25, 0.3) is 0 Å². The quantitative estimate of drug-likeness (QED) is 0.835. The highest BCUT2D eigenvalue weighted by Crippen LogP contribution is 2.41. The maximum Gasteiger partial charge on any atom is 0.317 e. The van der Waals surface area contributed by atoms with Gasteiger partial charge >= 0.3 is 12.0 Å². The number of amides is 2. The summed E-state index contributed by atoms with van der Waals surface area (Å²) in [5, 5.41) is 11.9. The first kappa shape index (κ1) is 15.6. The average molecular weight is 310 g/mol. The fourth-order valence-electron chi connectivity index (χ4n) is 4.06. The van der Waals surface area contributed by atoms with Crippen molar-refractivity contribution in [2.75, 3.05) is 19.6 Å². The number of carboxylic acids is 1. The van der Waals surface area contributed by atoms with Crippen LogP contribution in [0.15, 0.2) is 0 Å². The Morgan fingerprint density at radius 3 is 2.64 bits per heavy atom. The summed E-state index contributed by atoms with van der Waals surface area (Å²) in [5.74, 6) is -1.23. The number of likely N-dealkylation sites (tertiary alicyclic amines) is 1. The molecule has 2 amide bonds. The van der Waals surface area contributed by atoms with Crippen LogP contribution in [0.5, 0.6) is 0 Å². The second-order valence-corrected chi connectivity index (χ2v) is 6.98. The Balaban J connectivity index is 1.41. The minimum absolute atomic E-state index is 0.0791. The molecule has 0 radical (unpaired) electrons. The first-order valence-electron chi connectivity index (χ1n) is 8.51. The Bertz CT molecular complexity index is 434. The number of urea groups is 1. The molecule has 2 atom stereocenters. The number of hydrogen-bond acceptors (Lipinski definition) is 3. The van der Waals surface area contributed by atoms with Gasteiger partial charge in [0.05, 0.1) is 17.6 Å². The van der Waals surface area contributed by atoms with E-state index in [1.54, 1.807) is 4.90 Å². The van der Waals surface area contributed by atoms with Crippen molar-refractivity contribution in [3.05, 3.63) is 0 Å². The second-order valence-electron chi connectivity index (χ2n) is 6.98. The van der Waals surface area contributed by atoms with Gasteiger partial charge in [0, 0.05) is 19.6 Å². The van der Waals surface area contributed by atoms with Gasteiger partial charge in [0.15, 0.2) is 0 Å². The van der Waals surface area contributed by atoms with E-state index in [9.17, 15) is 9.59 Å². The minimum atomic E-state index is -0.811. The molecule has 22 heavy (non-hydrogen) atoms. The third-order valence-corrected chi connectivity index (χ3v) is 5.41. The molecule has 0 aromatic heterocycles. The van der Waals surface area contributed by atoms with Crippen molar-refractivity contribution in [2.45, 2.75) is 63.1 Å². The Morgan fingerprint density at radius 1 is 1.18 bits per heavy atom. The van der Waals surface area contributed by atoms with Gasteiger partial charge in [0.1, 0.15) is 0 Å². The van der Waals surface area contributed by atoms with Gasteiger partial charge in [-0.15, -0.1) is 0 Å². The number of aliphatic carboxylic acids is 1. The smallest absolute Gasteiger partial charge is 0.317 e. The van der Waals surface area contributed by atoms with Crippen LogP contribution in [0.1, 0.15) is 51.4 Å². The van der Waals surface area contributed by atoms with Gasteiger partial charge < -0.3 is 20.1 Å². The van der Waals surface area contributed by atoms with Crippen LogP contribution in [0, 0.1) is 5.92 Å². The summed E-state index contributed by atoms with van der Waals surface area (Å²) in [4.78, 5) is 24.6. The summed E-state index contributed by atoms with van der Waals surface area (Å²) in [5.41, 5.74) is 0.0791. The maximum absolute atomic E-state index is 12.1. The van der Waals surface area contributed by atoms with Crippen LogP contribution >= 0.6 is 0 Å². The van der Waals surface area contributed by atoms with E-state index in [1.165, 1.54) is 19.3 Å². The van der Waals surface area contributed by atoms with E-state index in [-0.39, 0.29) is 17.7 Å². The third kappa shape index (κ3) is 3.37. The summed E-state index contributed by atoms with van der Waals surface area (Å²) >= 11 is 0. The van der Waals surface area contributed by atoms with Crippen LogP contribution in [0.4, 0.5) is 4.79 Å². The van der Waals surface area contributed by atoms with Crippen LogP contribution in [0.2, 0.25) is 0 Å². The van der Waals surface area contributed by atoms with E-state index in [2.05, 4.69) is 5.32 Å². The lowest BCUT2D eigenvalue weighted by molar-refractivity contribution is -0.141. The third-order valence-electron chi connectivity index (χ3n) is 5.41. The van der Waals surface area contributed by atoms with Crippen molar-refractivity contribution >= 4 is 12.0 Å². The maximum atomic E-state index is 12.1. The molecule has 2 unspecified atom stereocenters. The molecule has 6 heteroatoms. The van der Waals surface area contributed by atoms with Crippen LogP contribution in [-0.2, 0) is 9.53 Å². The zero-order chi connectivity index (χ0) is 15.6. The van der Waals surface area contributed by atoms with Crippen molar-refractivity contribution in [3.8, 4) is 0 Å². The molecule has 2 heterocycles. The zero-order valence-electron chi connectivity index (χ0n) is 13.1. The first-order valence-corrected chi connectivity index (χ1v) is 8.51. The summed E-state index contributed by atoms with van der Waals surface area (Å²) in [6, 6.07) is -0.156. The minimum Gasteiger partial charge on any atom is -0.481 e. The van der Waals surface area contributed by atoms with E-state index < -0.39 is 11.9 Å². The van der Waals surface area contributed by atoms with Crippen LogP contribution in [0.25, 0.3) is 0 Å². The molecule has 3 fully saturated rings. The number of nitrogens with zero attached hydrogens (tertiary/aromatic N) is 1. The molecule has 2 saturated heterocycles. The highest BCUT2D eigenvalue weighted by atomic mass is 16.5. The Hall–Kier alpha value is -1.30. The highest BCUT2D eigenvalue weighted by molar-refractivity contribution is 5.77. The van der Waals surface area contributed by atoms with E-state index in [0.717, 1.165) is 25.7 Å². The molecule has 0 aromatic rings. The summed E-state index contributed by atoms with van der Waals surface area (Å²) < 4.78 is 6.23. The number of rotatable bonds is 3. The topological polar surface area (TPSA) is 78.9 Å². The Morgan fingerprint density at radius 2 is 1.95 bits per heavy atom. The summed E-state index contributed by atoms with van der Waals surface area (Å²) in [6.45, 7) is 1.38. The summed E-state index contributed by atoms with van der Waals surface area (Å²) in [6.07, 6.45) is 8.91. The Kier molecular flexibility index (Phi) is 4.57. The van der Waals surface area contributed by atoms with Crippen molar-refractivity contribution in [1.82, 2.24) is 10.2 Å². The molecular weight excluding hydrogens is 284 g/mol. The standard InChI is InChI=1S/C16H26N2O4/c19-14(20)12-5-9-18(11-12)15(21)17-10-13-4-8-16(22-13)6-2-1-3-7-16/h12-13H,1-11H2,(H,17,21)(H,19,20). The molecule has 6 nitrogen and oxygen atoms in total. The lowest BCUT2D eigenvalue weighted by Crippen LogP contribution is -2.43. The van der Waals surface area contributed by atoms with Gasteiger partial charge in [-0.25, -0.2) is 4.79 Å². The number of carbonyl (C=O) groups excluding carboxylic acids is 1. The average Bonchev–Trinajstić information content (AvgIpc) is 3.14. The number of carboxylic acid groups (broad SMARTS) is 1. The van der Waals surface area contributed by atoms with Crippen molar-refractivity contribution in [2.24, 2.45) is 5.92 Å². The van der Waals surface area contributed by atoms with Crippen molar-refractivity contribution in [1.29, 1.82) is 0 Å². The van der Waals surface area contributed by atoms with E-state index in [4.69, 9.17) is 9.84 Å². The monoisotopic (exact) mass is 310 g/mol. The molecule has 2 aliphatic heterocycles. The van der Waals surface area contributed by atoms with E-state index >= 15 is 0 Å². The molecule has 3 aliphatic rings. The van der Waals surface area contributed by atoms with Crippen LogP contribution < -0.4 is 5.32 Å². The van der Waals surface area contributed by atoms with Gasteiger partial charge in [-0.2, -0.15) is 0 Å². The van der Waals surface area contributed by atoms with Crippen LogP contribution in [0.3, 0.4) is 0 Å². The number of ether oxygens (including phenoxy) is 1. The second kappa shape index (κ2) is 6.44. The predicted molar refractivity (Wildman–Crippen MR) is 80.6 cm³/mol.